The minimum atomic E-state index is -0.301. The van der Waals surface area contributed by atoms with E-state index in [2.05, 4.69) is 54.0 Å². The molecule has 4 heterocycles. The number of aromatic nitrogens is 6. The molecule has 5 rings (SSSR count). The van der Waals surface area contributed by atoms with E-state index in [1.165, 1.54) is 4.90 Å². The van der Waals surface area contributed by atoms with Gasteiger partial charge in [0.2, 0.25) is 5.95 Å². The molecule has 13 heteroatoms. The average Bonchev–Trinajstić information content (AvgIpc) is 3.50. The van der Waals surface area contributed by atoms with Gasteiger partial charge in [0.05, 0.1) is 49.7 Å². The van der Waals surface area contributed by atoms with Crippen molar-refractivity contribution < 1.29 is 9.53 Å². The Labute approximate surface area is 268 Å². The standard InChI is InChI=1S/C33H39N11O2/c1-3-10-27(41-32-37-17-25(15-34)31(42-32)40-28-22-46-23-28)13-8-5-9-14-44(33(45)38-16-24-11-6-4-7-12-24)30-20-35-29(19-36-30)26-18-39-43(2)21-26/h4,6-7,9,11-12,14,17-21,27-28H,3,5,8,10,13,16,22-23H2,1-2H3,(H,38,45)(H2,37,40,41,42)/b14-9+/t27-/m1/s1. The summed E-state index contributed by atoms with van der Waals surface area (Å²) in [6.07, 6.45) is 16.5. The quantitative estimate of drug-likeness (QED) is 0.154. The first-order valence-corrected chi connectivity index (χ1v) is 15.5. The van der Waals surface area contributed by atoms with E-state index in [1.807, 2.05) is 49.7 Å². The number of nitrogens with zero attached hydrogens (tertiary/aromatic N) is 8. The van der Waals surface area contributed by atoms with E-state index in [1.54, 1.807) is 35.7 Å². The van der Waals surface area contributed by atoms with Crippen LogP contribution in [0.1, 0.15) is 50.2 Å². The summed E-state index contributed by atoms with van der Waals surface area (Å²) in [4.78, 5) is 32.8. The third kappa shape index (κ3) is 8.86. The summed E-state index contributed by atoms with van der Waals surface area (Å²) in [5, 5.41) is 23.4. The number of urea groups is 1. The van der Waals surface area contributed by atoms with E-state index < -0.39 is 0 Å². The molecule has 1 aromatic carbocycles. The molecule has 0 unspecified atom stereocenters. The monoisotopic (exact) mass is 621 g/mol. The molecular formula is C33H39N11O2. The van der Waals surface area contributed by atoms with Crippen molar-refractivity contribution in [2.75, 3.05) is 28.7 Å². The second-order valence-electron chi connectivity index (χ2n) is 11.1. The van der Waals surface area contributed by atoms with Crippen LogP contribution in [0.2, 0.25) is 0 Å². The summed E-state index contributed by atoms with van der Waals surface area (Å²) in [6, 6.07) is 11.9. The fourth-order valence-corrected chi connectivity index (χ4v) is 4.89. The highest BCUT2D eigenvalue weighted by atomic mass is 16.5. The molecule has 4 aromatic rings. The molecule has 3 aromatic heterocycles. The van der Waals surface area contributed by atoms with Crippen LogP contribution in [-0.2, 0) is 18.3 Å². The number of hydrogen-bond acceptors (Lipinski definition) is 10. The number of hydrogen-bond donors (Lipinski definition) is 3. The van der Waals surface area contributed by atoms with Crippen molar-refractivity contribution in [2.45, 2.75) is 57.7 Å². The molecule has 0 radical (unpaired) electrons. The Morgan fingerprint density at radius 2 is 2.00 bits per heavy atom. The van der Waals surface area contributed by atoms with E-state index in [0.29, 0.717) is 48.6 Å². The molecule has 1 atom stereocenters. The molecule has 1 fully saturated rings. The van der Waals surface area contributed by atoms with Crippen LogP contribution in [0.15, 0.2) is 73.6 Å². The minimum absolute atomic E-state index is 0.151. The van der Waals surface area contributed by atoms with Gasteiger partial charge >= 0.3 is 6.03 Å². The summed E-state index contributed by atoms with van der Waals surface area (Å²) in [7, 11) is 1.84. The predicted octanol–water partition coefficient (Wildman–Crippen LogP) is 5.03. The van der Waals surface area contributed by atoms with Gasteiger partial charge in [-0.3, -0.25) is 14.6 Å². The Balaban J connectivity index is 1.21. The fourth-order valence-electron chi connectivity index (χ4n) is 4.89. The van der Waals surface area contributed by atoms with Gasteiger partial charge in [-0.15, -0.1) is 0 Å². The van der Waals surface area contributed by atoms with Gasteiger partial charge in [0, 0.05) is 37.6 Å². The van der Waals surface area contributed by atoms with Gasteiger partial charge in [-0.25, -0.2) is 14.8 Å². The zero-order chi connectivity index (χ0) is 32.1. The fraction of sp³-hybridized carbons (Fsp3) is 0.364. The van der Waals surface area contributed by atoms with Gasteiger partial charge < -0.3 is 20.7 Å². The number of amides is 2. The molecule has 1 aliphatic heterocycles. The van der Waals surface area contributed by atoms with Crippen LogP contribution in [0.3, 0.4) is 0 Å². The van der Waals surface area contributed by atoms with Crippen molar-refractivity contribution in [3.63, 3.8) is 0 Å². The van der Waals surface area contributed by atoms with Crippen molar-refractivity contribution in [1.82, 2.24) is 35.0 Å². The van der Waals surface area contributed by atoms with Gasteiger partial charge in [0.15, 0.2) is 5.82 Å². The normalized spacial score (nSPS) is 13.5. The van der Waals surface area contributed by atoms with Crippen molar-refractivity contribution in [1.29, 1.82) is 5.26 Å². The second kappa shape index (κ2) is 16.1. The molecule has 0 spiro atoms. The highest BCUT2D eigenvalue weighted by Crippen LogP contribution is 2.20. The van der Waals surface area contributed by atoms with E-state index in [0.717, 1.165) is 43.2 Å². The number of benzene rings is 1. The molecule has 46 heavy (non-hydrogen) atoms. The SMILES string of the molecule is CCC[C@H](CCC/C=C/N(C(=O)NCc1ccccc1)c1cnc(-c2cnn(C)c2)cn1)Nc1ncc(C#N)c(NC2COC2)n1. The first-order chi connectivity index (χ1) is 22.5. The van der Waals surface area contributed by atoms with Crippen LogP contribution in [0.4, 0.5) is 22.4 Å². The molecule has 238 valence electrons. The molecular weight excluding hydrogens is 582 g/mol. The zero-order valence-corrected chi connectivity index (χ0v) is 26.1. The summed E-state index contributed by atoms with van der Waals surface area (Å²) < 4.78 is 6.94. The third-order valence-electron chi connectivity index (χ3n) is 7.43. The number of carbonyl (C=O) groups is 1. The maximum atomic E-state index is 13.3. The number of unbranched alkanes of at least 4 members (excludes halogenated alkanes) is 1. The molecule has 13 nitrogen and oxygen atoms in total. The molecule has 0 saturated carbocycles. The number of allylic oxidation sites excluding steroid dienone is 1. The number of nitriles is 1. The van der Waals surface area contributed by atoms with E-state index >= 15 is 0 Å². The van der Waals surface area contributed by atoms with Crippen LogP contribution in [-0.4, -0.2) is 61.0 Å². The highest BCUT2D eigenvalue weighted by molar-refractivity contribution is 5.92. The largest absolute Gasteiger partial charge is 0.377 e. The maximum Gasteiger partial charge on any atom is 0.327 e. The Hall–Kier alpha value is -5.35. The topological polar surface area (TPSA) is 159 Å². The number of aryl methyl sites for hydroxylation is 1. The van der Waals surface area contributed by atoms with E-state index in [9.17, 15) is 10.1 Å². The zero-order valence-electron chi connectivity index (χ0n) is 26.1. The lowest BCUT2D eigenvalue weighted by Gasteiger charge is -2.27. The molecule has 2 amide bonds. The Morgan fingerprint density at radius 3 is 2.67 bits per heavy atom. The van der Waals surface area contributed by atoms with Gasteiger partial charge in [-0.05, 0) is 31.2 Å². The van der Waals surface area contributed by atoms with Crippen molar-refractivity contribution >= 4 is 23.6 Å². The number of nitrogens with one attached hydrogen (secondary N) is 3. The Morgan fingerprint density at radius 1 is 1.15 bits per heavy atom. The van der Waals surface area contributed by atoms with Gasteiger partial charge in [-0.1, -0.05) is 49.8 Å². The average molecular weight is 622 g/mol. The van der Waals surface area contributed by atoms with E-state index in [-0.39, 0.29) is 18.1 Å². The van der Waals surface area contributed by atoms with Gasteiger partial charge in [-0.2, -0.15) is 15.3 Å². The maximum absolute atomic E-state index is 13.3. The number of carbonyl (C=O) groups excluding carboxylic acids is 1. The van der Waals surface area contributed by atoms with Crippen molar-refractivity contribution in [3.8, 4) is 17.3 Å². The third-order valence-corrected chi connectivity index (χ3v) is 7.43. The smallest absolute Gasteiger partial charge is 0.327 e. The van der Waals surface area contributed by atoms with Gasteiger partial charge in [0.25, 0.3) is 0 Å². The summed E-state index contributed by atoms with van der Waals surface area (Å²) in [6.45, 7) is 3.72. The summed E-state index contributed by atoms with van der Waals surface area (Å²) in [5.41, 5.74) is 2.92. The lowest BCUT2D eigenvalue weighted by Crippen LogP contribution is -2.40. The van der Waals surface area contributed by atoms with Crippen LogP contribution in [0, 0.1) is 11.3 Å². The first-order valence-electron chi connectivity index (χ1n) is 15.5. The second-order valence-corrected chi connectivity index (χ2v) is 11.1. The Kier molecular flexibility index (Phi) is 11.2. The van der Waals surface area contributed by atoms with Crippen molar-refractivity contribution in [2.24, 2.45) is 7.05 Å². The highest BCUT2D eigenvalue weighted by Gasteiger charge is 2.21. The Bertz CT molecular complexity index is 1630. The summed E-state index contributed by atoms with van der Waals surface area (Å²) in [5.74, 6) is 1.43. The minimum Gasteiger partial charge on any atom is -0.377 e. The molecule has 1 aliphatic rings. The molecule has 0 bridgehead atoms. The van der Waals surface area contributed by atoms with Crippen LogP contribution < -0.4 is 20.9 Å². The van der Waals surface area contributed by atoms with Crippen LogP contribution >= 0.6 is 0 Å². The first kappa shape index (κ1) is 32.1. The number of ether oxygens (including phenoxy) is 1. The van der Waals surface area contributed by atoms with Crippen molar-refractivity contribution in [3.05, 3.63) is 84.7 Å². The predicted molar refractivity (Wildman–Crippen MR) is 176 cm³/mol. The summed E-state index contributed by atoms with van der Waals surface area (Å²) >= 11 is 0. The number of rotatable bonds is 15. The lowest BCUT2D eigenvalue weighted by molar-refractivity contribution is 0.0209. The van der Waals surface area contributed by atoms with E-state index in [4.69, 9.17) is 4.74 Å². The van der Waals surface area contributed by atoms with Crippen LogP contribution in [0.25, 0.3) is 11.3 Å². The number of anilines is 3. The van der Waals surface area contributed by atoms with Crippen LogP contribution in [0.5, 0.6) is 0 Å². The molecule has 3 N–H and O–H groups in total. The van der Waals surface area contributed by atoms with Gasteiger partial charge in [0.1, 0.15) is 17.5 Å². The lowest BCUT2D eigenvalue weighted by atomic mass is 10.1. The molecule has 0 aliphatic carbocycles. The molecule has 1 saturated heterocycles.